The van der Waals surface area contributed by atoms with Crippen molar-refractivity contribution in [2.75, 3.05) is 11.5 Å². The van der Waals surface area contributed by atoms with Gasteiger partial charge in [-0.05, 0) is 6.92 Å². The number of aromatic nitrogens is 6. The van der Waals surface area contributed by atoms with Gasteiger partial charge < -0.3 is 16.6 Å². The molecule has 0 radical (unpaired) electrons. The Morgan fingerprint density at radius 3 is 2.47 bits per heavy atom. The normalized spacial score (nSPS) is 12.6. The molecule has 9 nitrogen and oxygen atoms in total. The van der Waals surface area contributed by atoms with Crippen molar-refractivity contribution in [2.24, 2.45) is 0 Å². The maximum atomic E-state index is 9.29. The van der Waals surface area contributed by atoms with Gasteiger partial charge in [-0.25, -0.2) is 4.68 Å². The van der Waals surface area contributed by atoms with Crippen LogP contribution in [0.25, 0.3) is 0 Å². The van der Waals surface area contributed by atoms with Crippen molar-refractivity contribution in [3.8, 4) is 0 Å². The molecule has 2 aromatic heterocycles. The predicted molar refractivity (Wildman–Crippen MR) is 58.4 cm³/mol. The zero-order valence-corrected chi connectivity index (χ0v) is 9.15. The first-order chi connectivity index (χ1) is 8.04. The van der Waals surface area contributed by atoms with Crippen LogP contribution in [0.3, 0.4) is 0 Å². The molecule has 0 aliphatic rings. The second-order valence-electron chi connectivity index (χ2n) is 3.48. The van der Waals surface area contributed by atoms with Crippen molar-refractivity contribution in [3.63, 3.8) is 0 Å². The first kappa shape index (κ1) is 11.2. The lowest BCUT2D eigenvalue weighted by atomic mass is 10.3. The third kappa shape index (κ3) is 2.64. The SMILES string of the molecule is CC(O)c1cn(Cc2nc(N)nc(N)n2)nn1. The lowest BCUT2D eigenvalue weighted by Crippen LogP contribution is -2.10. The zero-order chi connectivity index (χ0) is 12.4. The van der Waals surface area contributed by atoms with E-state index in [0.29, 0.717) is 11.5 Å². The van der Waals surface area contributed by atoms with Crippen LogP contribution in [0.15, 0.2) is 6.20 Å². The Balaban J connectivity index is 2.19. The highest BCUT2D eigenvalue weighted by Crippen LogP contribution is 2.07. The molecule has 0 bridgehead atoms. The van der Waals surface area contributed by atoms with Crippen LogP contribution in [0.4, 0.5) is 11.9 Å². The fourth-order valence-corrected chi connectivity index (χ4v) is 1.25. The second kappa shape index (κ2) is 4.29. The van der Waals surface area contributed by atoms with Gasteiger partial charge in [-0.2, -0.15) is 15.0 Å². The smallest absolute Gasteiger partial charge is 0.225 e. The number of hydrogen-bond donors (Lipinski definition) is 3. The minimum Gasteiger partial charge on any atom is -0.387 e. The number of hydrogen-bond acceptors (Lipinski definition) is 8. The predicted octanol–water partition coefficient (Wildman–Crippen LogP) is -1.27. The molecule has 0 saturated carbocycles. The number of anilines is 2. The van der Waals surface area contributed by atoms with Gasteiger partial charge in [0.1, 0.15) is 12.2 Å². The van der Waals surface area contributed by atoms with E-state index in [4.69, 9.17) is 11.5 Å². The van der Waals surface area contributed by atoms with Crippen LogP contribution in [0.1, 0.15) is 24.5 Å². The van der Waals surface area contributed by atoms with E-state index in [-0.39, 0.29) is 18.4 Å². The molecule has 1 unspecified atom stereocenters. The first-order valence-electron chi connectivity index (χ1n) is 4.88. The van der Waals surface area contributed by atoms with Crippen molar-refractivity contribution in [1.82, 2.24) is 29.9 Å². The summed E-state index contributed by atoms with van der Waals surface area (Å²) in [5.74, 6) is 0.503. The van der Waals surface area contributed by atoms with Gasteiger partial charge in [-0.3, -0.25) is 0 Å². The fraction of sp³-hybridized carbons (Fsp3) is 0.375. The van der Waals surface area contributed by atoms with Gasteiger partial charge in [0.05, 0.1) is 12.3 Å². The minimum atomic E-state index is -0.669. The van der Waals surface area contributed by atoms with Crippen LogP contribution in [-0.4, -0.2) is 35.1 Å². The highest BCUT2D eigenvalue weighted by molar-refractivity contribution is 5.25. The summed E-state index contributed by atoms with van der Waals surface area (Å²) in [6.45, 7) is 1.86. The topological polar surface area (TPSA) is 142 Å². The zero-order valence-electron chi connectivity index (χ0n) is 9.15. The van der Waals surface area contributed by atoms with E-state index in [2.05, 4.69) is 25.3 Å². The van der Waals surface area contributed by atoms with E-state index >= 15 is 0 Å². The molecule has 0 aromatic carbocycles. The number of nitrogens with zero attached hydrogens (tertiary/aromatic N) is 6. The molecular weight excluding hydrogens is 224 g/mol. The molecule has 0 aliphatic heterocycles. The molecule has 0 saturated heterocycles. The Morgan fingerprint density at radius 2 is 1.94 bits per heavy atom. The molecule has 2 aromatic rings. The summed E-state index contributed by atoms with van der Waals surface area (Å²) < 4.78 is 1.48. The average Bonchev–Trinajstić information content (AvgIpc) is 2.64. The number of nitrogens with two attached hydrogens (primary N) is 2. The molecule has 1 atom stereocenters. The molecule has 0 spiro atoms. The summed E-state index contributed by atoms with van der Waals surface area (Å²) >= 11 is 0. The number of nitrogen functional groups attached to an aromatic ring is 2. The van der Waals surface area contributed by atoms with Gasteiger partial charge in [0, 0.05) is 0 Å². The van der Waals surface area contributed by atoms with Gasteiger partial charge in [0.25, 0.3) is 0 Å². The molecule has 17 heavy (non-hydrogen) atoms. The van der Waals surface area contributed by atoms with Gasteiger partial charge in [0.15, 0.2) is 5.82 Å². The van der Waals surface area contributed by atoms with Crippen LogP contribution in [0, 0.1) is 0 Å². The van der Waals surface area contributed by atoms with E-state index in [1.807, 2.05) is 0 Å². The van der Waals surface area contributed by atoms with Gasteiger partial charge in [-0.15, -0.1) is 5.10 Å². The highest BCUT2D eigenvalue weighted by atomic mass is 16.3. The second-order valence-corrected chi connectivity index (χ2v) is 3.48. The van der Waals surface area contributed by atoms with E-state index in [9.17, 15) is 5.11 Å². The number of aliphatic hydroxyl groups is 1. The molecule has 0 fully saturated rings. The number of aliphatic hydroxyl groups excluding tert-OH is 1. The fourth-order valence-electron chi connectivity index (χ4n) is 1.25. The monoisotopic (exact) mass is 236 g/mol. The summed E-state index contributed by atoms with van der Waals surface area (Å²) in [7, 11) is 0. The Kier molecular flexibility index (Phi) is 2.83. The largest absolute Gasteiger partial charge is 0.387 e. The lowest BCUT2D eigenvalue weighted by Gasteiger charge is -2.01. The molecular formula is C8H12N8O. The lowest BCUT2D eigenvalue weighted by molar-refractivity contribution is 0.194. The van der Waals surface area contributed by atoms with E-state index < -0.39 is 6.10 Å². The standard InChI is InChI=1S/C8H12N8O/c1-4(17)5-2-16(15-14-5)3-6-11-7(9)13-8(10)12-6/h2,4,17H,3H2,1H3,(H4,9,10,11,12,13). The van der Waals surface area contributed by atoms with Gasteiger partial charge in [0.2, 0.25) is 11.9 Å². The maximum absolute atomic E-state index is 9.29. The molecule has 9 heteroatoms. The Labute approximate surface area is 96.5 Å². The van der Waals surface area contributed by atoms with Crippen LogP contribution in [0.2, 0.25) is 0 Å². The quantitative estimate of drug-likeness (QED) is 0.598. The summed E-state index contributed by atoms with van der Waals surface area (Å²) in [5, 5.41) is 16.9. The minimum absolute atomic E-state index is 0.0587. The highest BCUT2D eigenvalue weighted by Gasteiger charge is 2.08. The molecule has 2 rings (SSSR count). The van der Waals surface area contributed by atoms with Gasteiger partial charge >= 0.3 is 0 Å². The molecule has 0 amide bonds. The summed E-state index contributed by atoms with van der Waals surface area (Å²) in [5.41, 5.74) is 11.4. The summed E-state index contributed by atoms with van der Waals surface area (Å²) in [4.78, 5) is 11.5. The van der Waals surface area contributed by atoms with Crippen molar-refractivity contribution in [2.45, 2.75) is 19.6 Å². The van der Waals surface area contributed by atoms with Crippen molar-refractivity contribution >= 4 is 11.9 Å². The first-order valence-corrected chi connectivity index (χ1v) is 4.88. The molecule has 5 N–H and O–H groups in total. The molecule has 2 heterocycles. The Morgan fingerprint density at radius 1 is 1.29 bits per heavy atom. The van der Waals surface area contributed by atoms with Crippen molar-refractivity contribution in [1.29, 1.82) is 0 Å². The third-order valence-electron chi connectivity index (χ3n) is 2.00. The van der Waals surface area contributed by atoms with E-state index in [0.717, 1.165) is 0 Å². The van der Waals surface area contributed by atoms with Crippen LogP contribution < -0.4 is 11.5 Å². The third-order valence-corrected chi connectivity index (χ3v) is 2.00. The van der Waals surface area contributed by atoms with Crippen LogP contribution in [-0.2, 0) is 6.54 Å². The van der Waals surface area contributed by atoms with E-state index in [1.165, 1.54) is 4.68 Å². The van der Waals surface area contributed by atoms with Crippen LogP contribution >= 0.6 is 0 Å². The molecule has 90 valence electrons. The Hall–Kier alpha value is -2.29. The summed E-state index contributed by atoms with van der Waals surface area (Å²) in [6.07, 6.45) is 0.929. The number of rotatable bonds is 3. The van der Waals surface area contributed by atoms with Gasteiger partial charge in [-0.1, -0.05) is 5.21 Å². The maximum Gasteiger partial charge on any atom is 0.225 e. The molecule has 0 aliphatic carbocycles. The Bertz CT molecular complexity index is 502. The van der Waals surface area contributed by atoms with Crippen LogP contribution in [0.5, 0.6) is 0 Å². The van der Waals surface area contributed by atoms with E-state index in [1.54, 1.807) is 13.1 Å². The average molecular weight is 236 g/mol. The van der Waals surface area contributed by atoms with Crippen molar-refractivity contribution < 1.29 is 5.11 Å². The summed E-state index contributed by atoms with van der Waals surface area (Å²) in [6, 6.07) is 0. The van der Waals surface area contributed by atoms with Crippen molar-refractivity contribution in [3.05, 3.63) is 17.7 Å².